The third kappa shape index (κ3) is 3.14. The molecule has 0 bridgehead atoms. The number of carboxylic acids is 1. The molecule has 0 saturated carbocycles. The average molecular weight is 282 g/mol. The Hall–Kier alpha value is -1.27. The summed E-state index contributed by atoms with van der Waals surface area (Å²) in [5.74, 6) is -0.780. The highest BCUT2D eigenvalue weighted by atomic mass is 32.2. The largest absolute Gasteiger partial charge is 0.481 e. The molecule has 0 aliphatic heterocycles. The van der Waals surface area contributed by atoms with Gasteiger partial charge in [0.15, 0.2) is 5.16 Å². The molecule has 1 N–H and O–H groups in total. The quantitative estimate of drug-likeness (QED) is 0.857. The van der Waals surface area contributed by atoms with Gasteiger partial charge in [0.1, 0.15) is 0 Å². The average Bonchev–Trinajstić information content (AvgIpc) is 2.84. The van der Waals surface area contributed by atoms with Gasteiger partial charge in [-0.1, -0.05) is 11.8 Å². The summed E-state index contributed by atoms with van der Waals surface area (Å²) in [6, 6.07) is 0. The second-order valence-electron chi connectivity index (χ2n) is 4.06. The van der Waals surface area contributed by atoms with Crippen molar-refractivity contribution < 1.29 is 9.90 Å². The van der Waals surface area contributed by atoms with Gasteiger partial charge >= 0.3 is 5.97 Å². The highest BCUT2D eigenvalue weighted by Gasteiger charge is 2.10. The van der Waals surface area contributed by atoms with Crippen LogP contribution >= 0.6 is 23.1 Å². The van der Waals surface area contributed by atoms with E-state index in [0.717, 1.165) is 17.4 Å². The fourth-order valence-electron chi connectivity index (χ4n) is 1.61. The molecule has 0 aliphatic rings. The number of rotatable bonds is 5. The van der Waals surface area contributed by atoms with Crippen molar-refractivity contribution >= 4 is 29.1 Å². The Balaban J connectivity index is 2.17. The highest BCUT2D eigenvalue weighted by molar-refractivity contribution is 7.99. The van der Waals surface area contributed by atoms with E-state index in [1.54, 1.807) is 11.3 Å². The van der Waals surface area contributed by atoms with Crippen LogP contribution in [0.2, 0.25) is 0 Å². The van der Waals surface area contributed by atoms with Gasteiger partial charge in [-0.15, -0.1) is 0 Å². The molecule has 0 amide bonds. The number of thioether (sulfide) groups is 1. The third-order valence-corrected chi connectivity index (χ3v) is 4.37. The van der Waals surface area contributed by atoms with Gasteiger partial charge in [-0.25, -0.2) is 4.98 Å². The smallest absolute Gasteiger partial charge is 0.313 e. The van der Waals surface area contributed by atoms with E-state index in [0.29, 0.717) is 0 Å². The van der Waals surface area contributed by atoms with Gasteiger partial charge < -0.3 is 9.67 Å². The molecule has 96 valence electrons. The van der Waals surface area contributed by atoms with Crippen molar-refractivity contribution in [2.24, 2.45) is 0 Å². The van der Waals surface area contributed by atoms with Gasteiger partial charge in [-0.05, 0) is 35.7 Å². The van der Waals surface area contributed by atoms with Crippen molar-refractivity contribution in [2.75, 3.05) is 5.75 Å². The van der Waals surface area contributed by atoms with Crippen LogP contribution in [-0.4, -0.2) is 26.4 Å². The number of hydrogen-bond acceptors (Lipinski definition) is 4. The fraction of sp³-hybridized carbons (Fsp3) is 0.333. The molecule has 18 heavy (non-hydrogen) atoms. The van der Waals surface area contributed by atoms with Crippen molar-refractivity contribution in [2.45, 2.75) is 25.5 Å². The molecule has 2 heterocycles. The summed E-state index contributed by atoms with van der Waals surface area (Å²) in [5, 5.41) is 13.7. The van der Waals surface area contributed by atoms with Gasteiger partial charge in [-0.3, -0.25) is 4.79 Å². The van der Waals surface area contributed by atoms with Crippen LogP contribution in [0.5, 0.6) is 0 Å². The van der Waals surface area contributed by atoms with Crippen molar-refractivity contribution in [3.05, 3.63) is 33.8 Å². The number of carboxylic acid groups (broad SMARTS) is 1. The predicted molar refractivity (Wildman–Crippen MR) is 73.5 cm³/mol. The minimum Gasteiger partial charge on any atom is -0.481 e. The number of aliphatic carboxylic acids is 1. The molecule has 2 rings (SSSR count). The lowest BCUT2D eigenvalue weighted by Gasteiger charge is -2.06. The zero-order chi connectivity index (χ0) is 13.1. The summed E-state index contributed by atoms with van der Waals surface area (Å²) >= 11 is 2.94. The summed E-state index contributed by atoms with van der Waals surface area (Å²) < 4.78 is 2.01. The molecule has 0 fully saturated rings. The number of aryl methyl sites for hydroxylation is 2. The van der Waals surface area contributed by atoms with Gasteiger partial charge in [0, 0.05) is 6.20 Å². The summed E-state index contributed by atoms with van der Waals surface area (Å²) in [6.45, 7) is 4.75. The molecular formula is C12H14N2O2S2. The van der Waals surface area contributed by atoms with Crippen LogP contribution in [0.4, 0.5) is 0 Å². The lowest BCUT2D eigenvalue weighted by Crippen LogP contribution is -2.03. The number of carbonyl (C=O) groups is 1. The summed E-state index contributed by atoms with van der Waals surface area (Å²) in [4.78, 5) is 15.0. The number of imidazole rings is 1. The second-order valence-corrected chi connectivity index (χ2v) is 5.74. The summed E-state index contributed by atoms with van der Waals surface area (Å²) in [6.07, 6.45) is 1.96. The maximum Gasteiger partial charge on any atom is 0.313 e. The Bertz CT molecular complexity index is 560. The van der Waals surface area contributed by atoms with Gasteiger partial charge in [-0.2, -0.15) is 11.3 Å². The first-order valence-corrected chi connectivity index (χ1v) is 7.39. The fourth-order valence-corrected chi connectivity index (χ4v) is 3.20. The Morgan fingerprint density at radius 3 is 2.89 bits per heavy atom. The maximum absolute atomic E-state index is 10.6. The maximum atomic E-state index is 10.6. The number of nitrogens with zero attached hydrogens (tertiary/aromatic N) is 2. The van der Waals surface area contributed by atoms with Crippen LogP contribution in [0.3, 0.4) is 0 Å². The highest BCUT2D eigenvalue weighted by Crippen LogP contribution is 2.21. The molecule has 0 unspecified atom stereocenters. The molecule has 0 aliphatic carbocycles. The molecule has 4 nitrogen and oxygen atoms in total. The van der Waals surface area contributed by atoms with E-state index < -0.39 is 5.97 Å². The zero-order valence-corrected chi connectivity index (χ0v) is 11.8. The SMILES string of the molecule is Cc1cn(Cc2cscc2C)c(SCC(=O)O)n1. The first kappa shape index (κ1) is 13.2. The molecule has 2 aromatic rings. The van der Waals surface area contributed by atoms with E-state index in [2.05, 4.69) is 22.7 Å². The molecule has 0 aromatic carbocycles. The standard InChI is InChI=1S/C12H14N2O2S2/c1-8-5-17-6-10(8)4-14-3-9(2)13-12(14)18-7-11(15)16/h3,5-6H,4,7H2,1-2H3,(H,15,16). The molecule has 2 aromatic heterocycles. The van der Waals surface area contributed by atoms with Gasteiger partial charge in [0.25, 0.3) is 0 Å². The molecule has 0 radical (unpaired) electrons. The Morgan fingerprint density at radius 1 is 1.50 bits per heavy atom. The van der Waals surface area contributed by atoms with E-state index in [1.807, 2.05) is 17.7 Å². The Morgan fingerprint density at radius 2 is 2.28 bits per heavy atom. The van der Waals surface area contributed by atoms with E-state index in [9.17, 15) is 4.79 Å². The number of hydrogen-bond donors (Lipinski definition) is 1. The van der Waals surface area contributed by atoms with Crippen LogP contribution in [-0.2, 0) is 11.3 Å². The van der Waals surface area contributed by atoms with E-state index in [-0.39, 0.29) is 5.75 Å². The van der Waals surface area contributed by atoms with Crippen LogP contribution in [0.1, 0.15) is 16.8 Å². The van der Waals surface area contributed by atoms with Gasteiger partial charge in [0.2, 0.25) is 0 Å². The van der Waals surface area contributed by atoms with Crippen molar-refractivity contribution in [3.63, 3.8) is 0 Å². The normalized spacial score (nSPS) is 10.8. The minimum atomic E-state index is -0.820. The Labute approximate surface area is 114 Å². The lowest BCUT2D eigenvalue weighted by molar-refractivity contribution is -0.133. The molecule has 0 saturated heterocycles. The molecule has 0 spiro atoms. The van der Waals surface area contributed by atoms with Crippen LogP contribution in [0.25, 0.3) is 0 Å². The van der Waals surface area contributed by atoms with Crippen LogP contribution in [0, 0.1) is 13.8 Å². The van der Waals surface area contributed by atoms with Gasteiger partial charge in [0.05, 0.1) is 18.0 Å². The zero-order valence-electron chi connectivity index (χ0n) is 10.2. The van der Waals surface area contributed by atoms with Crippen LogP contribution in [0.15, 0.2) is 22.1 Å². The Kier molecular flexibility index (Phi) is 4.08. The first-order valence-electron chi connectivity index (χ1n) is 5.46. The lowest BCUT2D eigenvalue weighted by atomic mass is 10.2. The van der Waals surface area contributed by atoms with E-state index in [1.165, 1.54) is 22.9 Å². The molecular weight excluding hydrogens is 268 g/mol. The monoisotopic (exact) mass is 282 g/mol. The van der Waals surface area contributed by atoms with E-state index >= 15 is 0 Å². The molecule has 0 atom stereocenters. The summed E-state index contributed by atoms with van der Waals surface area (Å²) in [5.41, 5.74) is 3.44. The number of aromatic nitrogens is 2. The van der Waals surface area contributed by atoms with Crippen molar-refractivity contribution in [1.29, 1.82) is 0 Å². The molecule has 6 heteroatoms. The summed E-state index contributed by atoms with van der Waals surface area (Å²) in [7, 11) is 0. The van der Waals surface area contributed by atoms with E-state index in [4.69, 9.17) is 5.11 Å². The second kappa shape index (κ2) is 5.58. The van der Waals surface area contributed by atoms with Crippen molar-refractivity contribution in [3.8, 4) is 0 Å². The van der Waals surface area contributed by atoms with Crippen LogP contribution < -0.4 is 0 Å². The predicted octanol–water partition coefficient (Wildman–Crippen LogP) is 2.79. The van der Waals surface area contributed by atoms with Crippen molar-refractivity contribution in [1.82, 2.24) is 9.55 Å². The number of thiophene rings is 1. The topological polar surface area (TPSA) is 55.1 Å². The third-order valence-electron chi connectivity index (χ3n) is 2.49. The minimum absolute atomic E-state index is 0.0407. The first-order chi connectivity index (χ1) is 8.56.